The molecule has 0 aromatic heterocycles. The number of carbonyl (C=O) groups is 1. The quantitative estimate of drug-likeness (QED) is 0.679. The van der Waals surface area contributed by atoms with Crippen LogP contribution >= 0.6 is 23.2 Å². The van der Waals surface area contributed by atoms with E-state index in [1.807, 2.05) is 0 Å². The molecule has 118 valence electrons. The monoisotopic (exact) mass is 335 g/mol. The molecular formula is C14H19Cl2NO4. The third-order valence-corrected chi connectivity index (χ3v) is 3.29. The Morgan fingerprint density at radius 2 is 2.14 bits per heavy atom. The SMILES string of the molecule is CCC(Oc1c(Cl)cc(Cl)cc1CNCCOC)C(=O)O. The fourth-order valence-corrected chi connectivity index (χ4v) is 2.30. The molecule has 0 aliphatic rings. The normalized spacial score (nSPS) is 12.2. The lowest BCUT2D eigenvalue weighted by molar-refractivity contribution is -0.145. The average molecular weight is 336 g/mol. The largest absolute Gasteiger partial charge is 0.479 e. The summed E-state index contributed by atoms with van der Waals surface area (Å²) in [5, 5.41) is 13.0. The van der Waals surface area contributed by atoms with Gasteiger partial charge in [0.25, 0.3) is 0 Å². The van der Waals surface area contributed by atoms with Crippen molar-refractivity contribution >= 4 is 29.2 Å². The molecule has 7 heteroatoms. The minimum atomic E-state index is -1.03. The molecule has 1 rings (SSSR count). The molecule has 0 amide bonds. The van der Waals surface area contributed by atoms with Gasteiger partial charge in [-0.3, -0.25) is 0 Å². The predicted octanol–water partition coefficient (Wildman–Crippen LogP) is 2.97. The topological polar surface area (TPSA) is 67.8 Å². The van der Waals surface area contributed by atoms with Crippen LogP contribution in [0.4, 0.5) is 0 Å². The molecule has 0 saturated heterocycles. The molecule has 1 aromatic rings. The van der Waals surface area contributed by atoms with Gasteiger partial charge in [-0.05, 0) is 18.6 Å². The number of hydrogen-bond donors (Lipinski definition) is 2. The van der Waals surface area contributed by atoms with Crippen LogP contribution in [-0.2, 0) is 16.1 Å². The van der Waals surface area contributed by atoms with Gasteiger partial charge in [0.05, 0.1) is 11.6 Å². The second-order valence-corrected chi connectivity index (χ2v) is 5.24. The number of hydrogen-bond acceptors (Lipinski definition) is 4. The van der Waals surface area contributed by atoms with Crippen LogP contribution in [0.25, 0.3) is 0 Å². The van der Waals surface area contributed by atoms with Crippen LogP contribution in [0.1, 0.15) is 18.9 Å². The zero-order chi connectivity index (χ0) is 15.8. The van der Waals surface area contributed by atoms with Crippen LogP contribution < -0.4 is 10.1 Å². The van der Waals surface area contributed by atoms with E-state index >= 15 is 0 Å². The number of carboxylic acid groups (broad SMARTS) is 1. The first kappa shape index (κ1) is 18.0. The molecular weight excluding hydrogens is 317 g/mol. The first-order chi connectivity index (χ1) is 9.99. The summed E-state index contributed by atoms with van der Waals surface area (Å²) in [6.45, 7) is 3.40. The van der Waals surface area contributed by atoms with Gasteiger partial charge in [0.15, 0.2) is 6.10 Å². The van der Waals surface area contributed by atoms with Gasteiger partial charge in [-0.25, -0.2) is 4.79 Å². The summed E-state index contributed by atoms with van der Waals surface area (Å²) in [6.07, 6.45) is -0.605. The van der Waals surface area contributed by atoms with Gasteiger partial charge < -0.3 is 19.9 Å². The first-order valence-electron chi connectivity index (χ1n) is 6.56. The van der Waals surface area contributed by atoms with Gasteiger partial charge in [0, 0.05) is 30.8 Å². The molecule has 2 N–H and O–H groups in total. The van der Waals surface area contributed by atoms with Gasteiger partial charge in [-0.2, -0.15) is 0 Å². The number of methoxy groups -OCH3 is 1. The Balaban J connectivity index is 2.91. The Morgan fingerprint density at radius 3 is 2.71 bits per heavy atom. The molecule has 0 radical (unpaired) electrons. The van der Waals surface area contributed by atoms with Crippen LogP contribution in [0, 0.1) is 0 Å². The average Bonchev–Trinajstić information content (AvgIpc) is 2.42. The Bertz CT molecular complexity index is 482. The molecule has 0 heterocycles. The highest BCUT2D eigenvalue weighted by Crippen LogP contribution is 2.33. The molecule has 0 fully saturated rings. The van der Waals surface area contributed by atoms with Crippen LogP contribution in [0.15, 0.2) is 12.1 Å². The van der Waals surface area contributed by atoms with Gasteiger partial charge >= 0.3 is 5.97 Å². The molecule has 1 unspecified atom stereocenters. The summed E-state index contributed by atoms with van der Waals surface area (Å²) in [6, 6.07) is 3.24. The minimum absolute atomic E-state index is 0.297. The molecule has 1 atom stereocenters. The number of aliphatic carboxylic acids is 1. The molecule has 0 spiro atoms. The van der Waals surface area contributed by atoms with Crippen molar-refractivity contribution < 1.29 is 19.4 Å². The molecule has 5 nitrogen and oxygen atoms in total. The summed E-state index contributed by atoms with van der Waals surface area (Å²) in [4.78, 5) is 11.1. The van der Waals surface area contributed by atoms with Gasteiger partial charge in [-0.15, -0.1) is 0 Å². The number of ether oxygens (including phenoxy) is 2. The van der Waals surface area contributed by atoms with E-state index in [1.165, 1.54) is 6.07 Å². The lowest BCUT2D eigenvalue weighted by atomic mass is 10.2. The van der Waals surface area contributed by atoms with Crippen LogP contribution in [0.5, 0.6) is 5.75 Å². The Hall–Kier alpha value is -1.01. The number of benzene rings is 1. The lowest BCUT2D eigenvalue weighted by Crippen LogP contribution is -2.27. The second kappa shape index (κ2) is 9.10. The van der Waals surface area contributed by atoms with E-state index in [-0.39, 0.29) is 0 Å². The number of rotatable bonds is 9. The molecule has 21 heavy (non-hydrogen) atoms. The van der Waals surface area contributed by atoms with E-state index in [0.29, 0.717) is 47.5 Å². The van der Waals surface area contributed by atoms with Crippen LogP contribution in [0.3, 0.4) is 0 Å². The lowest BCUT2D eigenvalue weighted by Gasteiger charge is -2.18. The third-order valence-electron chi connectivity index (χ3n) is 2.79. The Kier molecular flexibility index (Phi) is 7.82. The van der Waals surface area contributed by atoms with Crippen molar-refractivity contribution in [2.24, 2.45) is 0 Å². The summed E-state index contributed by atoms with van der Waals surface area (Å²) in [5.74, 6) is -0.679. The Morgan fingerprint density at radius 1 is 1.43 bits per heavy atom. The van der Waals surface area contributed by atoms with Crippen molar-refractivity contribution in [3.05, 3.63) is 27.7 Å². The van der Waals surface area contributed by atoms with Crippen molar-refractivity contribution in [1.82, 2.24) is 5.32 Å². The van der Waals surface area contributed by atoms with Crippen LogP contribution in [-0.4, -0.2) is 37.4 Å². The van der Waals surface area contributed by atoms with Gasteiger partial charge in [0.2, 0.25) is 0 Å². The maximum atomic E-state index is 11.1. The van der Waals surface area contributed by atoms with E-state index in [9.17, 15) is 4.79 Å². The summed E-state index contributed by atoms with van der Waals surface area (Å²) in [5.41, 5.74) is 0.711. The van der Waals surface area contributed by atoms with E-state index < -0.39 is 12.1 Å². The third kappa shape index (κ3) is 5.71. The first-order valence-corrected chi connectivity index (χ1v) is 7.32. The minimum Gasteiger partial charge on any atom is -0.479 e. The van der Waals surface area contributed by atoms with E-state index in [0.717, 1.165) is 0 Å². The van der Waals surface area contributed by atoms with Crippen molar-refractivity contribution in [1.29, 1.82) is 0 Å². The standard InChI is InChI=1S/C14H19Cl2NO4/c1-3-12(14(18)19)21-13-9(8-17-4-5-20-2)6-10(15)7-11(13)16/h6-7,12,17H,3-5,8H2,1-2H3,(H,18,19). The highest BCUT2D eigenvalue weighted by Gasteiger charge is 2.20. The fraction of sp³-hybridized carbons (Fsp3) is 0.500. The van der Waals surface area contributed by atoms with Crippen molar-refractivity contribution in [2.45, 2.75) is 26.0 Å². The summed E-state index contributed by atoms with van der Waals surface area (Å²) < 4.78 is 10.5. The zero-order valence-corrected chi connectivity index (χ0v) is 13.5. The van der Waals surface area contributed by atoms with E-state index in [2.05, 4.69) is 5.32 Å². The summed E-state index contributed by atoms with van der Waals surface area (Å²) >= 11 is 12.1. The van der Waals surface area contributed by atoms with Crippen LogP contribution in [0.2, 0.25) is 10.0 Å². The number of halogens is 2. The van der Waals surface area contributed by atoms with Crippen molar-refractivity contribution in [3.63, 3.8) is 0 Å². The van der Waals surface area contributed by atoms with Gasteiger partial charge in [-0.1, -0.05) is 30.1 Å². The summed E-state index contributed by atoms with van der Waals surface area (Å²) in [7, 11) is 1.62. The van der Waals surface area contributed by atoms with Gasteiger partial charge in [0.1, 0.15) is 5.75 Å². The zero-order valence-electron chi connectivity index (χ0n) is 12.0. The highest BCUT2D eigenvalue weighted by atomic mass is 35.5. The van der Waals surface area contributed by atoms with Crippen molar-refractivity contribution in [3.8, 4) is 5.75 Å². The van der Waals surface area contributed by atoms with Crippen molar-refractivity contribution in [2.75, 3.05) is 20.3 Å². The maximum Gasteiger partial charge on any atom is 0.344 e. The highest BCUT2D eigenvalue weighted by molar-refractivity contribution is 6.35. The van der Waals surface area contributed by atoms with E-state index in [1.54, 1.807) is 20.1 Å². The molecule has 0 bridgehead atoms. The maximum absolute atomic E-state index is 11.1. The van der Waals surface area contributed by atoms with E-state index in [4.69, 9.17) is 37.8 Å². The molecule has 1 aromatic carbocycles. The fourth-order valence-electron chi connectivity index (χ4n) is 1.72. The Labute approximate surface area is 134 Å². The number of nitrogens with one attached hydrogen (secondary N) is 1. The number of carboxylic acids is 1. The molecule has 0 aliphatic heterocycles. The smallest absolute Gasteiger partial charge is 0.344 e. The second-order valence-electron chi connectivity index (χ2n) is 4.40. The molecule has 0 aliphatic carbocycles. The molecule has 0 saturated carbocycles. The predicted molar refractivity (Wildman–Crippen MR) is 82.4 cm³/mol.